The van der Waals surface area contributed by atoms with E-state index in [1.807, 2.05) is 11.8 Å². The monoisotopic (exact) mass is 216 g/mol. The first-order valence-electron chi connectivity index (χ1n) is 5.03. The van der Waals surface area contributed by atoms with E-state index in [1.54, 1.807) is 6.08 Å². The van der Waals surface area contributed by atoms with E-state index in [1.165, 1.54) is 5.54 Å². The number of halogens is 1. The lowest BCUT2D eigenvalue weighted by Crippen LogP contribution is -2.43. The number of amides is 1. The van der Waals surface area contributed by atoms with Crippen LogP contribution in [0.25, 0.3) is 0 Å². The average molecular weight is 217 g/mol. The molecule has 0 spiro atoms. The van der Waals surface area contributed by atoms with Gasteiger partial charge in [0.25, 0.3) is 0 Å². The van der Waals surface area contributed by atoms with Gasteiger partial charge in [0.15, 0.2) is 0 Å². The summed E-state index contributed by atoms with van der Waals surface area (Å²) in [5, 5.41) is 3.10. The molecule has 0 aromatic heterocycles. The van der Waals surface area contributed by atoms with Crippen molar-refractivity contribution < 1.29 is 4.79 Å². The Bertz CT molecular complexity index is 212. The molecular weight excluding hydrogens is 200 g/mol. The Labute approximate surface area is 90.1 Å². The number of nitrogens with zero attached hydrogens (tertiary/aromatic N) is 1. The van der Waals surface area contributed by atoms with Crippen LogP contribution >= 0.6 is 11.6 Å². The molecule has 3 nitrogen and oxygen atoms in total. The summed E-state index contributed by atoms with van der Waals surface area (Å²) in [5.74, 6) is 0.200. The van der Waals surface area contributed by atoms with Crippen LogP contribution in [0.5, 0.6) is 0 Å². The standard InChI is InChI=1S/C10H17ClN2O/c1-9(12-6-4-5-11)10(14)13-7-2-3-8-13/h4-5,9,12H,2-3,6-8H2,1H3/b5-4+. The smallest absolute Gasteiger partial charge is 0.239 e. The SMILES string of the molecule is CC(NC/C=C/Cl)C(=O)N1CCCC1. The van der Waals surface area contributed by atoms with E-state index in [2.05, 4.69) is 5.32 Å². The van der Waals surface area contributed by atoms with E-state index in [0.717, 1.165) is 25.9 Å². The Morgan fingerprint density at radius 3 is 2.79 bits per heavy atom. The predicted octanol–water partition coefficient (Wildman–Crippen LogP) is 1.34. The van der Waals surface area contributed by atoms with E-state index in [-0.39, 0.29) is 11.9 Å². The molecule has 1 fully saturated rings. The van der Waals surface area contributed by atoms with Gasteiger partial charge in [0.1, 0.15) is 0 Å². The summed E-state index contributed by atoms with van der Waals surface area (Å²) in [7, 11) is 0. The van der Waals surface area contributed by atoms with E-state index >= 15 is 0 Å². The Morgan fingerprint density at radius 2 is 2.21 bits per heavy atom. The van der Waals surface area contributed by atoms with Crippen molar-refractivity contribution in [3.05, 3.63) is 11.6 Å². The highest BCUT2D eigenvalue weighted by Crippen LogP contribution is 2.08. The van der Waals surface area contributed by atoms with E-state index in [9.17, 15) is 4.79 Å². The summed E-state index contributed by atoms with van der Waals surface area (Å²) in [6.07, 6.45) is 4.06. The molecule has 0 aliphatic carbocycles. The maximum atomic E-state index is 11.7. The zero-order valence-electron chi connectivity index (χ0n) is 8.50. The second-order valence-corrected chi connectivity index (χ2v) is 3.78. The highest BCUT2D eigenvalue weighted by atomic mass is 35.5. The molecule has 0 aromatic carbocycles. The van der Waals surface area contributed by atoms with E-state index in [4.69, 9.17) is 11.6 Å². The molecule has 80 valence electrons. The topological polar surface area (TPSA) is 32.3 Å². The number of hydrogen-bond donors (Lipinski definition) is 1. The minimum absolute atomic E-state index is 0.110. The summed E-state index contributed by atoms with van der Waals surface area (Å²) in [6.45, 7) is 4.36. The minimum Gasteiger partial charge on any atom is -0.341 e. The van der Waals surface area contributed by atoms with Crippen molar-refractivity contribution in [3.8, 4) is 0 Å². The third-order valence-corrected chi connectivity index (χ3v) is 2.60. The van der Waals surface area contributed by atoms with Gasteiger partial charge < -0.3 is 10.2 Å². The molecule has 1 amide bonds. The Balaban J connectivity index is 2.28. The molecule has 1 rings (SSSR count). The molecule has 14 heavy (non-hydrogen) atoms. The van der Waals surface area contributed by atoms with Crippen LogP contribution in [-0.2, 0) is 4.79 Å². The molecule has 1 atom stereocenters. The Kier molecular flexibility index (Phi) is 4.98. The number of carbonyl (C=O) groups is 1. The molecule has 1 aliphatic heterocycles. The van der Waals surface area contributed by atoms with Gasteiger partial charge in [-0.15, -0.1) is 0 Å². The maximum Gasteiger partial charge on any atom is 0.239 e. The van der Waals surface area contributed by atoms with Crippen molar-refractivity contribution in [2.24, 2.45) is 0 Å². The van der Waals surface area contributed by atoms with E-state index in [0.29, 0.717) is 6.54 Å². The van der Waals surface area contributed by atoms with Crippen LogP contribution in [0.15, 0.2) is 11.6 Å². The quantitative estimate of drug-likeness (QED) is 0.769. The lowest BCUT2D eigenvalue weighted by atomic mass is 10.3. The summed E-state index contributed by atoms with van der Waals surface area (Å²) in [6, 6.07) is -0.110. The number of likely N-dealkylation sites (tertiary alicyclic amines) is 1. The molecule has 1 heterocycles. The lowest BCUT2D eigenvalue weighted by Gasteiger charge is -2.20. The molecule has 4 heteroatoms. The third kappa shape index (κ3) is 3.31. The molecule has 1 aliphatic rings. The Morgan fingerprint density at radius 1 is 1.57 bits per heavy atom. The fraction of sp³-hybridized carbons (Fsp3) is 0.700. The van der Waals surface area contributed by atoms with Gasteiger partial charge >= 0.3 is 0 Å². The highest BCUT2D eigenvalue weighted by Gasteiger charge is 2.22. The highest BCUT2D eigenvalue weighted by molar-refractivity contribution is 6.25. The van der Waals surface area contributed by atoms with E-state index < -0.39 is 0 Å². The number of rotatable bonds is 4. The number of carbonyl (C=O) groups excluding carboxylic acids is 1. The first kappa shape index (κ1) is 11.5. The molecule has 0 radical (unpaired) electrons. The van der Waals surface area contributed by atoms with Gasteiger partial charge in [-0.2, -0.15) is 0 Å². The fourth-order valence-corrected chi connectivity index (χ4v) is 1.68. The molecule has 1 N–H and O–H groups in total. The van der Waals surface area contributed by atoms with Gasteiger partial charge in [0, 0.05) is 25.2 Å². The van der Waals surface area contributed by atoms with Gasteiger partial charge in [0.2, 0.25) is 5.91 Å². The van der Waals surface area contributed by atoms with Crippen LogP contribution in [0.1, 0.15) is 19.8 Å². The largest absolute Gasteiger partial charge is 0.341 e. The molecular formula is C10H17ClN2O. The van der Waals surface area contributed by atoms with Crippen molar-refractivity contribution >= 4 is 17.5 Å². The molecule has 1 saturated heterocycles. The fourth-order valence-electron chi connectivity index (χ4n) is 1.59. The van der Waals surface area contributed by atoms with Crippen molar-refractivity contribution in [1.82, 2.24) is 10.2 Å². The normalized spacial score (nSPS) is 19.1. The molecule has 0 aromatic rings. The minimum atomic E-state index is -0.110. The van der Waals surface area contributed by atoms with Crippen molar-refractivity contribution in [2.45, 2.75) is 25.8 Å². The van der Waals surface area contributed by atoms with Gasteiger partial charge in [0.05, 0.1) is 6.04 Å². The summed E-state index contributed by atoms with van der Waals surface area (Å²) < 4.78 is 0. The average Bonchev–Trinajstić information content (AvgIpc) is 2.69. The van der Waals surface area contributed by atoms with Gasteiger partial charge in [-0.25, -0.2) is 0 Å². The van der Waals surface area contributed by atoms with Crippen LogP contribution in [0, 0.1) is 0 Å². The number of hydrogen-bond acceptors (Lipinski definition) is 2. The van der Waals surface area contributed by atoms with Crippen molar-refractivity contribution in [1.29, 1.82) is 0 Å². The molecule has 0 saturated carbocycles. The van der Waals surface area contributed by atoms with Gasteiger partial charge in [-0.05, 0) is 19.8 Å². The van der Waals surface area contributed by atoms with Crippen LogP contribution in [-0.4, -0.2) is 36.5 Å². The van der Waals surface area contributed by atoms with Crippen molar-refractivity contribution in [2.75, 3.05) is 19.6 Å². The molecule has 1 unspecified atom stereocenters. The van der Waals surface area contributed by atoms with Gasteiger partial charge in [-0.3, -0.25) is 4.79 Å². The zero-order chi connectivity index (χ0) is 10.4. The van der Waals surface area contributed by atoms with Crippen LogP contribution < -0.4 is 5.32 Å². The summed E-state index contributed by atoms with van der Waals surface area (Å²) >= 11 is 5.38. The predicted molar refractivity (Wildman–Crippen MR) is 58.3 cm³/mol. The van der Waals surface area contributed by atoms with Crippen molar-refractivity contribution in [3.63, 3.8) is 0 Å². The second kappa shape index (κ2) is 6.04. The van der Waals surface area contributed by atoms with Crippen LogP contribution in [0.2, 0.25) is 0 Å². The molecule has 0 bridgehead atoms. The second-order valence-electron chi connectivity index (χ2n) is 3.52. The number of nitrogens with one attached hydrogen (secondary N) is 1. The zero-order valence-corrected chi connectivity index (χ0v) is 9.26. The maximum absolute atomic E-state index is 11.7. The van der Waals surface area contributed by atoms with Crippen LogP contribution in [0.3, 0.4) is 0 Å². The van der Waals surface area contributed by atoms with Gasteiger partial charge in [-0.1, -0.05) is 17.7 Å². The summed E-state index contributed by atoms with van der Waals surface area (Å²) in [4.78, 5) is 13.7. The summed E-state index contributed by atoms with van der Waals surface area (Å²) in [5.41, 5.74) is 1.46. The van der Waals surface area contributed by atoms with Crippen LogP contribution in [0.4, 0.5) is 0 Å². The first-order chi connectivity index (χ1) is 6.75. The third-order valence-electron chi connectivity index (χ3n) is 2.42. The lowest BCUT2D eigenvalue weighted by molar-refractivity contribution is -0.131. The Hall–Kier alpha value is -0.540. The first-order valence-corrected chi connectivity index (χ1v) is 5.46.